The summed E-state index contributed by atoms with van der Waals surface area (Å²) in [4.78, 5) is 0. The van der Waals surface area contributed by atoms with Gasteiger partial charge in [-0.2, -0.15) is 0 Å². The Bertz CT molecular complexity index is 317. The van der Waals surface area contributed by atoms with Gasteiger partial charge >= 0.3 is 0 Å². The van der Waals surface area contributed by atoms with Gasteiger partial charge in [0.2, 0.25) is 0 Å². The third-order valence-corrected chi connectivity index (χ3v) is 2.57. The summed E-state index contributed by atoms with van der Waals surface area (Å²) in [7, 11) is 1.95. The maximum absolute atomic E-state index is 5.89. The van der Waals surface area contributed by atoms with Gasteiger partial charge in [0.15, 0.2) is 0 Å². The van der Waals surface area contributed by atoms with E-state index < -0.39 is 0 Å². The molecule has 0 radical (unpaired) electrons. The van der Waals surface area contributed by atoms with Crippen molar-refractivity contribution in [1.29, 1.82) is 0 Å². The first-order valence-corrected chi connectivity index (χ1v) is 4.76. The van der Waals surface area contributed by atoms with Gasteiger partial charge in [0, 0.05) is 11.1 Å². The van der Waals surface area contributed by atoms with Crippen LogP contribution in [0.15, 0.2) is 18.2 Å². The Labute approximate surface area is 95.0 Å². The minimum Gasteiger partial charge on any atom is -0.492 e. The van der Waals surface area contributed by atoms with Crippen molar-refractivity contribution in [3.05, 3.63) is 28.8 Å². The first-order valence-electron chi connectivity index (χ1n) is 4.38. The number of hydrogen-bond donors (Lipinski definition) is 1. The summed E-state index contributed by atoms with van der Waals surface area (Å²) in [6.45, 7) is 0.741. The smallest absolute Gasteiger partial charge is 0.122 e. The fraction of sp³-hybridized carbons (Fsp3) is 0.400. The van der Waals surface area contributed by atoms with Crippen molar-refractivity contribution in [3.8, 4) is 5.75 Å². The average molecular weight is 234 g/mol. The van der Waals surface area contributed by atoms with Crippen molar-refractivity contribution in [1.82, 2.24) is 5.32 Å². The lowest BCUT2D eigenvalue weighted by molar-refractivity contribution is 0.245. The normalized spacial score (nSPS) is 19.1. The fourth-order valence-electron chi connectivity index (χ4n) is 1.55. The van der Waals surface area contributed by atoms with E-state index >= 15 is 0 Å². The van der Waals surface area contributed by atoms with Crippen LogP contribution in [0.3, 0.4) is 0 Å². The summed E-state index contributed by atoms with van der Waals surface area (Å²) in [6, 6.07) is 6.18. The molecular formula is C10H13Cl2NO. The summed E-state index contributed by atoms with van der Waals surface area (Å²) in [6.07, 6.45) is 0.992. The monoisotopic (exact) mass is 233 g/mol. The van der Waals surface area contributed by atoms with E-state index in [2.05, 4.69) is 5.32 Å². The highest BCUT2D eigenvalue weighted by Gasteiger charge is 2.17. The van der Waals surface area contributed by atoms with Gasteiger partial charge in [0.05, 0.1) is 0 Å². The Kier molecular flexibility index (Phi) is 4.05. The van der Waals surface area contributed by atoms with E-state index in [4.69, 9.17) is 16.3 Å². The molecule has 1 aliphatic heterocycles. The van der Waals surface area contributed by atoms with Gasteiger partial charge in [-0.15, -0.1) is 12.4 Å². The van der Waals surface area contributed by atoms with Gasteiger partial charge in [-0.05, 0) is 37.2 Å². The lowest BCUT2D eigenvalue weighted by Gasteiger charge is -2.24. The number of rotatable bonds is 1. The van der Waals surface area contributed by atoms with Crippen molar-refractivity contribution in [2.24, 2.45) is 0 Å². The minimum absolute atomic E-state index is 0. The summed E-state index contributed by atoms with van der Waals surface area (Å²) in [5, 5.41) is 3.97. The molecular weight excluding hydrogens is 221 g/mol. The van der Waals surface area contributed by atoms with E-state index in [0.29, 0.717) is 6.04 Å². The molecule has 0 saturated heterocycles. The highest BCUT2D eigenvalue weighted by molar-refractivity contribution is 6.30. The number of halogens is 2. The summed E-state index contributed by atoms with van der Waals surface area (Å²) in [5.74, 6) is 0.968. The highest BCUT2D eigenvalue weighted by atomic mass is 35.5. The van der Waals surface area contributed by atoms with E-state index in [-0.39, 0.29) is 12.4 Å². The van der Waals surface area contributed by atoms with Crippen LogP contribution in [-0.4, -0.2) is 19.7 Å². The maximum atomic E-state index is 5.89. The molecule has 14 heavy (non-hydrogen) atoms. The largest absolute Gasteiger partial charge is 0.492 e. The molecule has 0 fully saturated rings. The molecule has 4 heteroatoms. The van der Waals surface area contributed by atoms with Crippen LogP contribution < -0.4 is 10.1 Å². The maximum Gasteiger partial charge on any atom is 0.122 e. The predicted octanol–water partition coefficient (Wildman–Crippen LogP) is 2.28. The van der Waals surface area contributed by atoms with Crippen LogP contribution in [0.25, 0.3) is 0 Å². The topological polar surface area (TPSA) is 21.3 Å². The van der Waals surface area contributed by atoms with Crippen molar-refractivity contribution in [3.63, 3.8) is 0 Å². The van der Waals surface area contributed by atoms with E-state index in [1.807, 2.05) is 25.2 Å². The Balaban J connectivity index is 0.000000980. The standard InChI is InChI=1S/C10H12ClNO.ClH/c1-12-9-5-7-4-8(11)2-3-10(7)13-6-9;/h2-4,9,12H,5-6H2,1H3;1H. The summed E-state index contributed by atoms with van der Waals surface area (Å²) in [5.41, 5.74) is 1.19. The van der Waals surface area contributed by atoms with Gasteiger partial charge in [-0.1, -0.05) is 11.6 Å². The van der Waals surface area contributed by atoms with E-state index in [0.717, 1.165) is 23.8 Å². The molecule has 2 rings (SSSR count). The molecule has 78 valence electrons. The highest BCUT2D eigenvalue weighted by Crippen LogP contribution is 2.27. The second kappa shape index (κ2) is 4.87. The zero-order valence-electron chi connectivity index (χ0n) is 7.92. The molecule has 1 unspecified atom stereocenters. The first-order chi connectivity index (χ1) is 6.29. The third kappa shape index (κ3) is 2.32. The zero-order valence-corrected chi connectivity index (χ0v) is 9.49. The fourth-order valence-corrected chi connectivity index (χ4v) is 1.74. The Hall–Kier alpha value is -0.440. The van der Waals surface area contributed by atoms with Crippen molar-refractivity contribution in [2.75, 3.05) is 13.7 Å². The molecule has 0 amide bonds. The number of fused-ring (bicyclic) bond motifs is 1. The number of hydrogen-bond acceptors (Lipinski definition) is 2. The molecule has 0 saturated carbocycles. The van der Waals surface area contributed by atoms with Gasteiger partial charge in [0.1, 0.15) is 12.4 Å². The molecule has 1 aliphatic rings. The summed E-state index contributed by atoms with van der Waals surface area (Å²) >= 11 is 5.89. The summed E-state index contributed by atoms with van der Waals surface area (Å²) < 4.78 is 5.56. The van der Waals surface area contributed by atoms with Crippen molar-refractivity contribution in [2.45, 2.75) is 12.5 Å². The predicted molar refractivity (Wildman–Crippen MR) is 60.7 cm³/mol. The molecule has 0 aromatic heterocycles. The SMILES string of the molecule is CNC1COc2ccc(Cl)cc2C1.Cl. The molecule has 0 spiro atoms. The average Bonchev–Trinajstić information content (AvgIpc) is 2.16. The molecule has 0 aliphatic carbocycles. The van der Waals surface area contributed by atoms with E-state index in [1.165, 1.54) is 5.56 Å². The lowest BCUT2D eigenvalue weighted by Crippen LogP contribution is -2.36. The van der Waals surface area contributed by atoms with Gasteiger partial charge in [-0.25, -0.2) is 0 Å². The molecule has 1 heterocycles. The molecule has 0 bridgehead atoms. The Morgan fingerprint density at radius 2 is 2.29 bits per heavy atom. The van der Waals surface area contributed by atoms with Gasteiger partial charge in [-0.3, -0.25) is 0 Å². The molecule has 1 aromatic carbocycles. The zero-order chi connectivity index (χ0) is 9.26. The van der Waals surface area contributed by atoms with Crippen LogP contribution >= 0.6 is 24.0 Å². The second-order valence-corrected chi connectivity index (χ2v) is 3.69. The van der Waals surface area contributed by atoms with Gasteiger partial charge < -0.3 is 10.1 Å². The quantitative estimate of drug-likeness (QED) is 0.804. The molecule has 1 N–H and O–H groups in total. The van der Waals surface area contributed by atoms with E-state index in [9.17, 15) is 0 Å². The lowest BCUT2D eigenvalue weighted by atomic mass is 10.0. The van der Waals surface area contributed by atoms with Crippen molar-refractivity contribution < 1.29 is 4.74 Å². The minimum atomic E-state index is 0. The number of likely N-dealkylation sites (N-methyl/N-ethyl adjacent to an activating group) is 1. The van der Waals surface area contributed by atoms with Crippen LogP contribution in [0.5, 0.6) is 5.75 Å². The third-order valence-electron chi connectivity index (χ3n) is 2.34. The van der Waals surface area contributed by atoms with Crippen LogP contribution in [0.1, 0.15) is 5.56 Å². The van der Waals surface area contributed by atoms with Crippen LogP contribution in [-0.2, 0) is 6.42 Å². The molecule has 1 aromatic rings. The van der Waals surface area contributed by atoms with Crippen molar-refractivity contribution >= 4 is 24.0 Å². The van der Waals surface area contributed by atoms with Crippen LogP contribution in [0.2, 0.25) is 5.02 Å². The van der Waals surface area contributed by atoms with E-state index in [1.54, 1.807) is 0 Å². The Morgan fingerprint density at radius 3 is 3.00 bits per heavy atom. The second-order valence-electron chi connectivity index (χ2n) is 3.25. The Morgan fingerprint density at radius 1 is 1.50 bits per heavy atom. The number of nitrogens with one attached hydrogen (secondary N) is 1. The first kappa shape index (κ1) is 11.6. The van der Waals surface area contributed by atoms with Crippen LogP contribution in [0.4, 0.5) is 0 Å². The number of ether oxygens (including phenoxy) is 1. The van der Waals surface area contributed by atoms with Crippen LogP contribution in [0, 0.1) is 0 Å². The van der Waals surface area contributed by atoms with Gasteiger partial charge in [0.25, 0.3) is 0 Å². The molecule has 1 atom stereocenters. The molecule has 2 nitrogen and oxygen atoms in total. The number of benzene rings is 1.